The van der Waals surface area contributed by atoms with E-state index in [2.05, 4.69) is 14.7 Å². The van der Waals surface area contributed by atoms with Crippen molar-refractivity contribution < 1.29 is 13.2 Å². The van der Waals surface area contributed by atoms with E-state index in [0.29, 0.717) is 24.9 Å². The highest BCUT2D eigenvalue weighted by molar-refractivity contribution is 7.89. The zero-order chi connectivity index (χ0) is 14.4. The second-order valence-corrected chi connectivity index (χ2v) is 6.81. The number of aryl methyl sites for hydroxylation is 1. The maximum atomic E-state index is 12.0. The second-order valence-electron chi connectivity index (χ2n) is 5.08. The lowest BCUT2D eigenvalue weighted by Gasteiger charge is -2.09. The lowest BCUT2D eigenvalue weighted by molar-refractivity contribution is 0.102. The van der Waals surface area contributed by atoms with Crippen molar-refractivity contribution in [1.29, 1.82) is 0 Å². The van der Waals surface area contributed by atoms with Gasteiger partial charge in [-0.1, -0.05) is 6.92 Å². The number of hydrogen-bond donors (Lipinski definition) is 2. The molecule has 20 heavy (non-hydrogen) atoms. The normalized spacial score (nSPS) is 19.6. The number of sulfonamides is 1. The number of ether oxygens (including phenoxy) is 1. The van der Waals surface area contributed by atoms with Crippen LogP contribution in [-0.4, -0.2) is 37.6 Å². The number of aromatic nitrogens is 2. The van der Waals surface area contributed by atoms with Gasteiger partial charge < -0.3 is 9.72 Å². The van der Waals surface area contributed by atoms with Crippen molar-refractivity contribution in [2.75, 3.05) is 13.2 Å². The molecule has 7 heteroatoms. The molecule has 1 saturated heterocycles. The summed E-state index contributed by atoms with van der Waals surface area (Å²) in [5.74, 6) is 0.684. The number of hydrogen-bond acceptors (Lipinski definition) is 4. The van der Waals surface area contributed by atoms with E-state index >= 15 is 0 Å². The molecule has 2 N–H and O–H groups in total. The monoisotopic (exact) mass is 301 g/mol. The first-order valence-electron chi connectivity index (χ1n) is 7.27. The first kappa shape index (κ1) is 15.5. The van der Waals surface area contributed by atoms with Gasteiger partial charge in [0, 0.05) is 19.6 Å². The number of nitrogens with zero attached hydrogens (tertiary/aromatic N) is 1. The number of nitrogens with one attached hydrogen (secondary N) is 2. The van der Waals surface area contributed by atoms with Crippen LogP contribution in [0.4, 0.5) is 0 Å². The number of aromatic amines is 1. The molecule has 1 unspecified atom stereocenters. The molecule has 114 valence electrons. The van der Waals surface area contributed by atoms with E-state index in [1.54, 1.807) is 0 Å². The van der Waals surface area contributed by atoms with Crippen molar-refractivity contribution in [3.05, 3.63) is 12.0 Å². The third kappa shape index (κ3) is 4.29. The fourth-order valence-electron chi connectivity index (χ4n) is 2.31. The molecule has 0 bridgehead atoms. The fourth-order valence-corrected chi connectivity index (χ4v) is 3.33. The molecule has 0 aromatic carbocycles. The van der Waals surface area contributed by atoms with Crippen LogP contribution in [0.1, 0.15) is 44.9 Å². The van der Waals surface area contributed by atoms with Crippen LogP contribution in [0.3, 0.4) is 0 Å². The number of H-pyrrole nitrogens is 1. The number of unbranched alkanes of at least 4 members (excludes halogenated alkanes) is 1. The van der Waals surface area contributed by atoms with Crippen molar-refractivity contribution in [2.45, 2.75) is 56.6 Å². The molecule has 0 amide bonds. The van der Waals surface area contributed by atoms with Gasteiger partial charge in [0.05, 0.1) is 12.3 Å². The molecule has 1 aliphatic rings. The van der Waals surface area contributed by atoms with Gasteiger partial charge in [-0.15, -0.1) is 0 Å². The lowest BCUT2D eigenvalue weighted by atomic mass is 10.1. The Kier molecular flexibility index (Phi) is 5.56. The van der Waals surface area contributed by atoms with Gasteiger partial charge in [0.25, 0.3) is 10.0 Å². The Balaban J connectivity index is 1.69. The Hall–Kier alpha value is -0.920. The van der Waals surface area contributed by atoms with Gasteiger partial charge >= 0.3 is 0 Å². The molecule has 0 saturated carbocycles. The first-order valence-corrected chi connectivity index (χ1v) is 8.75. The maximum Gasteiger partial charge on any atom is 0.257 e. The Labute approximate surface area is 120 Å². The van der Waals surface area contributed by atoms with E-state index in [9.17, 15) is 8.42 Å². The highest BCUT2D eigenvalue weighted by Gasteiger charge is 2.17. The molecular formula is C13H23N3O3S. The standard InChI is InChI=1S/C13H23N3O3S/c1-2-12-14-10-13(16-12)20(17,18)15-8-4-3-6-11-7-5-9-19-11/h10-11,15H,2-9H2,1H3,(H,14,16). The van der Waals surface area contributed by atoms with E-state index in [0.717, 1.165) is 38.7 Å². The lowest BCUT2D eigenvalue weighted by Crippen LogP contribution is -2.25. The molecule has 1 aliphatic heterocycles. The number of rotatable bonds is 8. The quantitative estimate of drug-likeness (QED) is 0.714. The van der Waals surface area contributed by atoms with Crippen LogP contribution in [0, 0.1) is 0 Å². The third-order valence-corrected chi connectivity index (χ3v) is 4.87. The zero-order valence-electron chi connectivity index (χ0n) is 11.9. The minimum Gasteiger partial charge on any atom is -0.378 e. The van der Waals surface area contributed by atoms with Crippen molar-refractivity contribution in [2.24, 2.45) is 0 Å². The van der Waals surface area contributed by atoms with Gasteiger partial charge in [-0.05, 0) is 32.1 Å². The molecular weight excluding hydrogens is 278 g/mol. The maximum absolute atomic E-state index is 12.0. The fraction of sp³-hybridized carbons (Fsp3) is 0.769. The molecule has 1 fully saturated rings. The van der Waals surface area contributed by atoms with Crippen molar-refractivity contribution in [1.82, 2.24) is 14.7 Å². The molecule has 0 radical (unpaired) electrons. The van der Waals surface area contributed by atoms with Crippen LogP contribution in [-0.2, 0) is 21.2 Å². The van der Waals surface area contributed by atoms with E-state index in [1.165, 1.54) is 6.20 Å². The summed E-state index contributed by atoms with van der Waals surface area (Å²) in [7, 11) is -3.45. The van der Waals surface area contributed by atoms with Crippen LogP contribution < -0.4 is 4.72 Å². The summed E-state index contributed by atoms with van der Waals surface area (Å²) in [5.41, 5.74) is 0. The molecule has 1 aromatic heterocycles. The van der Waals surface area contributed by atoms with E-state index < -0.39 is 10.0 Å². The third-order valence-electron chi connectivity index (χ3n) is 3.50. The highest BCUT2D eigenvalue weighted by Crippen LogP contribution is 2.17. The predicted molar refractivity (Wildman–Crippen MR) is 76.0 cm³/mol. The largest absolute Gasteiger partial charge is 0.378 e. The topological polar surface area (TPSA) is 84.1 Å². The highest BCUT2D eigenvalue weighted by atomic mass is 32.2. The summed E-state index contributed by atoms with van der Waals surface area (Å²) in [4.78, 5) is 6.81. The predicted octanol–water partition coefficient (Wildman–Crippen LogP) is 1.60. The van der Waals surface area contributed by atoms with Gasteiger partial charge in [-0.3, -0.25) is 0 Å². The summed E-state index contributed by atoms with van der Waals surface area (Å²) in [6.45, 7) is 3.25. The minimum atomic E-state index is -3.45. The average molecular weight is 301 g/mol. The Morgan fingerprint density at radius 1 is 1.50 bits per heavy atom. The summed E-state index contributed by atoms with van der Waals surface area (Å²) >= 11 is 0. The second kappa shape index (κ2) is 7.19. The van der Waals surface area contributed by atoms with Gasteiger partial charge in [-0.2, -0.15) is 0 Å². The molecule has 2 heterocycles. The molecule has 0 spiro atoms. The smallest absolute Gasteiger partial charge is 0.257 e. The summed E-state index contributed by atoms with van der Waals surface area (Å²) < 4.78 is 32.1. The van der Waals surface area contributed by atoms with Crippen LogP contribution >= 0.6 is 0 Å². The molecule has 1 aromatic rings. The van der Waals surface area contributed by atoms with Crippen molar-refractivity contribution in [3.8, 4) is 0 Å². The van der Waals surface area contributed by atoms with E-state index in [4.69, 9.17) is 4.74 Å². The van der Waals surface area contributed by atoms with Gasteiger partial charge in [0.1, 0.15) is 5.82 Å². The Morgan fingerprint density at radius 2 is 2.35 bits per heavy atom. The number of imidazole rings is 1. The average Bonchev–Trinajstić information content (AvgIpc) is 3.09. The van der Waals surface area contributed by atoms with Gasteiger partial charge in [-0.25, -0.2) is 18.1 Å². The van der Waals surface area contributed by atoms with Crippen LogP contribution in [0.15, 0.2) is 11.2 Å². The minimum absolute atomic E-state index is 0.147. The summed E-state index contributed by atoms with van der Waals surface area (Å²) in [6, 6.07) is 0. The SMILES string of the molecule is CCc1ncc(S(=O)(=O)NCCCCC2CCCO2)[nH]1. The Bertz CT molecular complexity index is 507. The first-order chi connectivity index (χ1) is 9.62. The van der Waals surface area contributed by atoms with Gasteiger partial charge in [0.15, 0.2) is 5.03 Å². The molecule has 6 nitrogen and oxygen atoms in total. The Morgan fingerprint density at radius 3 is 3.00 bits per heavy atom. The van der Waals surface area contributed by atoms with Crippen LogP contribution in [0.2, 0.25) is 0 Å². The van der Waals surface area contributed by atoms with E-state index in [-0.39, 0.29) is 5.03 Å². The van der Waals surface area contributed by atoms with Gasteiger partial charge in [0.2, 0.25) is 0 Å². The molecule has 1 atom stereocenters. The van der Waals surface area contributed by atoms with Crippen molar-refractivity contribution in [3.63, 3.8) is 0 Å². The summed E-state index contributed by atoms with van der Waals surface area (Å²) in [6.07, 6.45) is 7.56. The molecule has 0 aliphatic carbocycles. The van der Waals surface area contributed by atoms with E-state index in [1.807, 2.05) is 6.92 Å². The summed E-state index contributed by atoms with van der Waals surface area (Å²) in [5, 5.41) is 0.147. The molecule has 2 rings (SSSR count). The van der Waals surface area contributed by atoms with Crippen LogP contribution in [0.25, 0.3) is 0 Å². The zero-order valence-corrected chi connectivity index (χ0v) is 12.7. The van der Waals surface area contributed by atoms with Crippen molar-refractivity contribution >= 4 is 10.0 Å². The van der Waals surface area contributed by atoms with Crippen LogP contribution in [0.5, 0.6) is 0 Å².